The standard InChI is InChI=1S/C16H18N2O3S/c1-2-6-12(11-7-4-3-5-8-11)15(19)17-9-14-18-13(10-22-14)16(20)21/h3-5,7-8,10,12H,2,6,9H2,1H3,(H,17,19)(H,20,21). The maximum Gasteiger partial charge on any atom is 0.355 e. The summed E-state index contributed by atoms with van der Waals surface area (Å²) >= 11 is 1.23. The zero-order valence-corrected chi connectivity index (χ0v) is 13.1. The van der Waals surface area contributed by atoms with Gasteiger partial charge in [0, 0.05) is 5.38 Å². The highest BCUT2D eigenvalue weighted by atomic mass is 32.1. The van der Waals surface area contributed by atoms with E-state index in [1.165, 1.54) is 16.7 Å². The smallest absolute Gasteiger partial charge is 0.355 e. The maximum atomic E-state index is 12.4. The molecule has 0 saturated carbocycles. The van der Waals surface area contributed by atoms with Gasteiger partial charge in [0.15, 0.2) is 5.69 Å². The second-order valence-electron chi connectivity index (χ2n) is 4.90. The molecule has 0 bridgehead atoms. The fourth-order valence-electron chi connectivity index (χ4n) is 2.20. The van der Waals surface area contributed by atoms with E-state index in [4.69, 9.17) is 5.11 Å². The van der Waals surface area contributed by atoms with Gasteiger partial charge in [-0.25, -0.2) is 9.78 Å². The average Bonchev–Trinajstić information content (AvgIpc) is 3.00. The van der Waals surface area contributed by atoms with Gasteiger partial charge in [-0.2, -0.15) is 0 Å². The van der Waals surface area contributed by atoms with Crippen molar-refractivity contribution < 1.29 is 14.7 Å². The van der Waals surface area contributed by atoms with Crippen LogP contribution in [0.2, 0.25) is 0 Å². The Labute approximate surface area is 133 Å². The molecule has 1 aromatic carbocycles. The van der Waals surface area contributed by atoms with Crippen LogP contribution in [0, 0.1) is 0 Å². The molecular weight excluding hydrogens is 300 g/mol. The number of aromatic carboxylic acids is 1. The summed E-state index contributed by atoms with van der Waals surface area (Å²) in [5, 5.41) is 13.8. The first-order valence-corrected chi connectivity index (χ1v) is 8.00. The van der Waals surface area contributed by atoms with E-state index in [0.717, 1.165) is 18.4 Å². The van der Waals surface area contributed by atoms with E-state index in [1.807, 2.05) is 37.3 Å². The van der Waals surface area contributed by atoms with Crippen LogP contribution < -0.4 is 5.32 Å². The number of carboxylic acids is 1. The van der Waals surface area contributed by atoms with Crippen LogP contribution in [0.15, 0.2) is 35.7 Å². The number of amides is 1. The Kier molecular flexibility index (Phi) is 5.66. The summed E-state index contributed by atoms with van der Waals surface area (Å²) in [7, 11) is 0. The quantitative estimate of drug-likeness (QED) is 0.822. The molecular formula is C16H18N2O3S. The number of hydrogen-bond acceptors (Lipinski definition) is 4. The Morgan fingerprint density at radius 3 is 2.64 bits per heavy atom. The van der Waals surface area contributed by atoms with Crippen LogP contribution in [0.5, 0.6) is 0 Å². The Balaban J connectivity index is 2.00. The highest BCUT2D eigenvalue weighted by Gasteiger charge is 2.19. The van der Waals surface area contributed by atoms with Crippen molar-refractivity contribution in [1.82, 2.24) is 10.3 Å². The Hall–Kier alpha value is -2.21. The molecule has 116 valence electrons. The largest absolute Gasteiger partial charge is 0.476 e. The van der Waals surface area contributed by atoms with Crippen LogP contribution in [0.25, 0.3) is 0 Å². The van der Waals surface area contributed by atoms with Crippen LogP contribution in [0.1, 0.15) is 46.7 Å². The van der Waals surface area contributed by atoms with Gasteiger partial charge < -0.3 is 10.4 Å². The van der Waals surface area contributed by atoms with Crippen molar-refractivity contribution in [1.29, 1.82) is 0 Å². The van der Waals surface area contributed by atoms with Crippen molar-refractivity contribution in [2.75, 3.05) is 0 Å². The van der Waals surface area contributed by atoms with E-state index in [1.54, 1.807) is 0 Å². The van der Waals surface area contributed by atoms with Gasteiger partial charge >= 0.3 is 5.97 Å². The monoisotopic (exact) mass is 318 g/mol. The van der Waals surface area contributed by atoms with Crippen LogP contribution >= 0.6 is 11.3 Å². The molecule has 0 spiro atoms. The van der Waals surface area contributed by atoms with Gasteiger partial charge in [0.05, 0.1) is 12.5 Å². The summed E-state index contributed by atoms with van der Waals surface area (Å²) in [6, 6.07) is 9.67. The molecule has 0 saturated heterocycles. The number of carboxylic acid groups (broad SMARTS) is 1. The first kappa shape index (κ1) is 16.2. The lowest BCUT2D eigenvalue weighted by molar-refractivity contribution is -0.122. The number of rotatable bonds is 7. The molecule has 2 N–H and O–H groups in total. The predicted octanol–water partition coefficient (Wildman–Crippen LogP) is 3.04. The van der Waals surface area contributed by atoms with E-state index >= 15 is 0 Å². The molecule has 2 aromatic rings. The molecule has 2 rings (SSSR count). The van der Waals surface area contributed by atoms with E-state index < -0.39 is 5.97 Å². The van der Waals surface area contributed by atoms with Crippen LogP contribution in [-0.2, 0) is 11.3 Å². The van der Waals surface area contributed by atoms with Crippen molar-refractivity contribution in [2.45, 2.75) is 32.2 Å². The normalized spacial score (nSPS) is 11.9. The summed E-state index contributed by atoms with van der Waals surface area (Å²) in [6.45, 7) is 2.30. The topological polar surface area (TPSA) is 79.3 Å². The highest BCUT2D eigenvalue weighted by Crippen LogP contribution is 2.21. The molecule has 6 heteroatoms. The Morgan fingerprint density at radius 2 is 2.05 bits per heavy atom. The first-order valence-electron chi connectivity index (χ1n) is 7.12. The molecule has 1 aromatic heterocycles. The number of nitrogens with zero attached hydrogens (tertiary/aromatic N) is 1. The van der Waals surface area contributed by atoms with Crippen LogP contribution in [0.3, 0.4) is 0 Å². The third-order valence-corrected chi connectivity index (χ3v) is 4.13. The number of carbonyl (C=O) groups excluding carboxylic acids is 1. The van der Waals surface area contributed by atoms with Gasteiger partial charge in [-0.3, -0.25) is 4.79 Å². The molecule has 1 amide bonds. The molecule has 5 nitrogen and oxygen atoms in total. The van der Waals surface area contributed by atoms with E-state index in [9.17, 15) is 9.59 Å². The number of thiazole rings is 1. The molecule has 0 aliphatic heterocycles. The van der Waals surface area contributed by atoms with Crippen LogP contribution in [0.4, 0.5) is 0 Å². The number of hydrogen-bond donors (Lipinski definition) is 2. The van der Waals surface area contributed by atoms with Gasteiger partial charge in [0.25, 0.3) is 0 Å². The number of aromatic nitrogens is 1. The van der Waals surface area contributed by atoms with Gasteiger partial charge in [0.1, 0.15) is 5.01 Å². The van der Waals surface area contributed by atoms with Gasteiger partial charge in [0.2, 0.25) is 5.91 Å². The fourth-order valence-corrected chi connectivity index (χ4v) is 2.91. The molecule has 22 heavy (non-hydrogen) atoms. The lowest BCUT2D eigenvalue weighted by Crippen LogP contribution is -2.29. The summed E-state index contributed by atoms with van der Waals surface area (Å²) < 4.78 is 0. The minimum Gasteiger partial charge on any atom is -0.476 e. The predicted molar refractivity (Wildman–Crippen MR) is 85.0 cm³/mol. The first-order chi connectivity index (χ1) is 10.6. The summed E-state index contributed by atoms with van der Waals surface area (Å²) in [5.74, 6) is -1.30. The minimum atomic E-state index is -1.05. The van der Waals surface area contributed by atoms with Crippen molar-refractivity contribution in [3.63, 3.8) is 0 Å². The number of carbonyl (C=O) groups is 2. The lowest BCUT2D eigenvalue weighted by Gasteiger charge is -2.16. The summed E-state index contributed by atoms with van der Waals surface area (Å²) in [6.07, 6.45) is 1.68. The fraction of sp³-hybridized carbons (Fsp3) is 0.312. The van der Waals surface area contributed by atoms with Crippen molar-refractivity contribution >= 4 is 23.2 Å². The summed E-state index contributed by atoms with van der Waals surface area (Å²) in [5.41, 5.74) is 1.01. The van der Waals surface area contributed by atoms with E-state index in [-0.39, 0.29) is 24.1 Å². The molecule has 0 fully saturated rings. The maximum absolute atomic E-state index is 12.4. The zero-order valence-electron chi connectivity index (χ0n) is 12.3. The van der Waals surface area contributed by atoms with Gasteiger partial charge in [-0.15, -0.1) is 11.3 Å². The Bertz CT molecular complexity index is 640. The minimum absolute atomic E-state index is 0.0161. The number of benzene rings is 1. The molecule has 0 aliphatic carbocycles. The molecule has 1 atom stereocenters. The zero-order chi connectivity index (χ0) is 15.9. The van der Waals surface area contributed by atoms with Crippen molar-refractivity contribution in [3.8, 4) is 0 Å². The molecule has 0 aliphatic rings. The van der Waals surface area contributed by atoms with E-state index in [0.29, 0.717) is 5.01 Å². The highest BCUT2D eigenvalue weighted by molar-refractivity contribution is 7.09. The SMILES string of the molecule is CCCC(C(=O)NCc1nc(C(=O)O)cs1)c1ccccc1. The van der Waals surface area contributed by atoms with Crippen molar-refractivity contribution in [2.24, 2.45) is 0 Å². The molecule has 1 heterocycles. The van der Waals surface area contributed by atoms with Gasteiger partial charge in [-0.05, 0) is 12.0 Å². The van der Waals surface area contributed by atoms with E-state index in [2.05, 4.69) is 10.3 Å². The average molecular weight is 318 g/mol. The van der Waals surface area contributed by atoms with Crippen LogP contribution in [-0.4, -0.2) is 22.0 Å². The Morgan fingerprint density at radius 1 is 1.32 bits per heavy atom. The third-order valence-electron chi connectivity index (χ3n) is 3.28. The van der Waals surface area contributed by atoms with Crippen molar-refractivity contribution in [3.05, 3.63) is 52.0 Å². The summed E-state index contributed by atoms with van der Waals surface area (Å²) in [4.78, 5) is 27.1. The second kappa shape index (κ2) is 7.70. The molecule has 0 radical (unpaired) electrons. The molecule has 1 unspecified atom stereocenters. The number of nitrogens with one attached hydrogen (secondary N) is 1. The second-order valence-corrected chi connectivity index (χ2v) is 5.84. The third kappa shape index (κ3) is 4.14. The van der Waals surface area contributed by atoms with Gasteiger partial charge in [-0.1, -0.05) is 43.7 Å². The lowest BCUT2D eigenvalue weighted by atomic mass is 9.94.